The van der Waals surface area contributed by atoms with Crippen LogP contribution in [0.25, 0.3) is 0 Å². The highest BCUT2D eigenvalue weighted by Gasteiger charge is 2.31. The second-order valence-corrected chi connectivity index (χ2v) is 5.19. The Morgan fingerprint density at radius 2 is 1.82 bits per heavy atom. The van der Waals surface area contributed by atoms with Crippen molar-refractivity contribution in [2.75, 3.05) is 26.2 Å². The van der Waals surface area contributed by atoms with Gasteiger partial charge in [0.05, 0.1) is 11.4 Å². The van der Waals surface area contributed by atoms with Crippen LogP contribution in [0.3, 0.4) is 0 Å². The van der Waals surface area contributed by atoms with Crippen LogP contribution < -0.4 is 0 Å². The van der Waals surface area contributed by atoms with Gasteiger partial charge >= 0.3 is 0 Å². The maximum absolute atomic E-state index is 9.68. The smallest absolute Gasteiger partial charge is 0.114 e. The largest absolute Gasteiger partial charge is 0.510 e. The van der Waals surface area contributed by atoms with E-state index < -0.39 is 0 Å². The van der Waals surface area contributed by atoms with Crippen LogP contribution in [-0.4, -0.2) is 52.8 Å². The average Bonchev–Trinajstić information content (AvgIpc) is 2.83. The number of aliphatic hydroxyl groups excluding tert-OH is 1. The number of likely N-dealkylation sites (tertiary alicyclic amines) is 2. The highest BCUT2D eigenvalue weighted by atomic mass is 16.3. The number of hydrogen-bond acceptors (Lipinski definition) is 4. The van der Waals surface area contributed by atoms with Crippen LogP contribution in [0.5, 0.6) is 0 Å². The fourth-order valence-corrected chi connectivity index (χ4v) is 3.09. The topological polar surface area (TPSA) is 50.6 Å². The molecule has 2 rings (SSSR count). The van der Waals surface area contributed by atoms with Crippen molar-refractivity contribution in [1.82, 2.24) is 9.80 Å². The van der Waals surface area contributed by atoms with E-state index in [1.807, 2.05) is 0 Å². The number of nitrogens with one attached hydrogen (secondary N) is 1. The van der Waals surface area contributed by atoms with Crippen molar-refractivity contribution in [1.29, 1.82) is 5.41 Å². The third kappa shape index (κ3) is 2.63. The van der Waals surface area contributed by atoms with E-state index in [4.69, 9.17) is 5.41 Å². The molecule has 0 saturated carbocycles. The molecule has 2 heterocycles. The maximum Gasteiger partial charge on any atom is 0.114 e. The number of aliphatic hydroxyl groups is 1. The molecule has 0 amide bonds. The van der Waals surface area contributed by atoms with Crippen molar-refractivity contribution in [3.8, 4) is 0 Å². The van der Waals surface area contributed by atoms with Crippen molar-refractivity contribution in [3.63, 3.8) is 0 Å². The van der Waals surface area contributed by atoms with E-state index >= 15 is 0 Å². The Morgan fingerprint density at radius 3 is 2.35 bits per heavy atom. The molecule has 1 unspecified atom stereocenters. The van der Waals surface area contributed by atoms with E-state index in [-0.39, 0.29) is 5.76 Å². The Balaban J connectivity index is 2.01. The van der Waals surface area contributed by atoms with Crippen molar-refractivity contribution in [2.24, 2.45) is 0 Å². The normalized spacial score (nSPS) is 27.4. The summed E-state index contributed by atoms with van der Waals surface area (Å²) in [5.41, 5.74) is 1.19. The molecule has 0 bridgehead atoms. The molecular weight excluding hydrogens is 214 g/mol. The van der Waals surface area contributed by atoms with Crippen LogP contribution in [0.1, 0.15) is 33.1 Å². The molecule has 2 fully saturated rings. The second-order valence-electron chi connectivity index (χ2n) is 5.19. The van der Waals surface area contributed by atoms with Gasteiger partial charge in [0.15, 0.2) is 0 Å². The molecule has 17 heavy (non-hydrogen) atoms. The predicted octanol–water partition coefficient (Wildman–Crippen LogP) is 1.99. The Kier molecular flexibility index (Phi) is 3.72. The number of allylic oxidation sites excluding steroid dienone is 2. The first-order chi connectivity index (χ1) is 8.09. The lowest BCUT2D eigenvalue weighted by molar-refractivity contribution is 0.243. The quantitative estimate of drug-likeness (QED) is 0.583. The molecule has 4 heteroatoms. The van der Waals surface area contributed by atoms with Crippen LogP contribution in [0, 0.1) is 5.41 Å². The molecule has 0 spiro atoms. The van der Waals surface area contributed by atoms with Gasteiger partial charge in [-0.05, 0) is 46.2 Å². The molecule has 0 aromatic carbocycles. The van der Waals surface area contributed by atoms with Gasteiger partial charge < -0.3 is 15.4 Å². The summed E-state index contributed by atoms with van der Waals surface area (Å²) in [6.07, 6.45) is 3.80. The summed E-state index contributed by atoms with van der Waals surface area (Å²) in [5, 5.41) is 17.4. The molecule has 0 radical (unpaired) electrons. The molecule has 1 atom stereocenters. The van der Waals surface area contributed by atoms with Gasteiger partial charge in [0, 0.05) is 19.1 Å². The van der Waals surface area contributed by atoms with Crippen molar-refractivity contribution >= 4 is 5.71 Å². The first-order valence-corrected chi connectivity index (χ1v) is 6.54. The van der Waals surface area contributed by atoms with Crippen LogP contribution in [0.4, 0.5) is 0 Å². The standard InChI is InChI=1S/C13H23N3O/c1-10(14)13(11(2)17)16-8-5-12(9-16)15-6-3-4-7-15/h12,14,17H,3-9H2,1-2H3/b13-11+,14-10?. The van der Waals surface area contributed by atoms with Gasteiger partial charge in [0.1, 0.15) is 5.76 Å². The van der Waals surface area contributed by atoms with Crippen LogP contribution in [0.2, 0.25) is 0 Å². The molecule has 2 aliphatic heterocycles. The summed E-state index contributed by atoms with van der Waals surface area (Å²) < 4.78 is 0. The highest BCUT2D eigenvalue weighted by molar-refractivity contribution is 5.95. The Labute approximate surface area is 103 Å². The number of rotatable bonds is 3. The van der Waals surface area contributed by atoms with Crippen LogP contribution in [0.15, 0.2) is 11.5 Å². The third-order valence-electron chi connectivity index (χ3n) is 3.83. The predicted molar refractivity (Wildman–Crippen MR) is 69.5 cm³/mol. The fraction of sp³-hybridized carbons (Fsp3) is 0.769. The van der Waals surface area contributed by atoms with E-state index in [1.165, 1.54) is 25.9 Å². The van der Waals surface area contributed by atoms with E-state index in [9.17, 15) is 5.11 Å². The number of nitrogens with zero attached hydrogens (tertiary/aromatic N) is 2. The maximum atomic E-state index is 9.68. The Morgan fingerprint density at radius 1 is 1.18 bits per heavy atom. The minimum Gasteiger partial charge on any atom is -0.510 e. The molecule has 2 N–H and O–H groups in total. The molecule has 0 aromatic rings. The van der Waals surface area contributed by atoms with Gasteiger partial charge in [-0.3, -0.25) is 4.90 Å². The molecule has 2 aliphatic rings. The van der Waals surface area contributed by atoms with Gasteiger partial charge in [0.2, 0.25) is 0 Å². The summed E-state index contributed by atoms with van der Waals surface area (Å²) in [5.74, 6) is 0.277. The highest BCUT2D eigenvalue weighted by Crippen LogP contribution is 2.24. The van der Waals surface area contributed by atoms with Crippen molar-refractivity contribution in [2.45, 2.75) is 39.2 Å². The van der Waals surface area contributed by atoms with E-state index in [1.54, 1.807) is 13.8 Å². The summed E-state index contributed by atoms with van der Waals surface area (Å²) in [6.45, 7) is 7.79. The zero-order valence-electron chi connectivity index (χ0n) is 10.9. The zero-order valence-corrected chi connectivity index (χ0v) is 10.9. The lowest BCUT2D eigenvalue weighted by Gasteiger charge is -2.25. The van der Waals surface area contributed by atoms with Crippen molar-refractivity contribution in [3.05, 3.63) is 11.5 Å². The van der Waals surface area contributed by atoms with E-state index in [0.29, 0.717) is 11.8 Å². The minimum absolute atomic E-state index is 0.277. The molecular formula is C13H23N3O. The fourth-order valence-electron chi connectivity index (χ4n) is 3.09. The van der Waals surface area contributed by atoms with Gasteiger partial charge in [-0.1, -0.05) is 0 Å². The first kappa shape index (κ1) is 12.4. The van der Waals surface area contributed by atoms with Gasteiger partial charge in [0.25, 0.3) is 0 Å². The average molecular weight is 237 g/mol. The lowest BCUT2D eigenvalue weighted by Crippen LogP contribution is -2.36. The molecule has 4 nitrogen and oxygen atoms in total. The van der Waals surface area contributed by atoms with Crippen molar-refractivity contribution < 1.29 is 5.11 Å². The Bertz CT molecular complexity index is 328. The second kappa shape index (κ2) is 5.08. The van der Waals surface area contributed by atoms with Crippen LogP contribution in [-0.2, 0) is 0 Å². The molecule has 0 aromatic heterocycles. The minimum atomic E-state index is 0.277. The summed E-state index contributed by atoms with van der Waals surface area (Å²) in [4.78, 5) is 4.73. The number of hydrogen-bond donors (Lipinski definition) is 2. The summed E-state index contributed by atoms with van der Waals surface area (Å²) in [7, 11) is 0. The molecule has 0 aliphatic carbocycles. The summed E-state index contributed by atoms with van der Waals surface area (Å²) in [6, 6.07) is 0.617. The third-order valence-corrected chi connectivity index (χ3v) is 3.83. The van der Waals surface area contributed by atoms with E-state index in [0.717, 1.165) is 25.2 Å². The molecule has 96 valence electrons. The summed E-state index contributed by atoms with van der Waals surface area (Å²) >= 11 is 0. The first-order valence-electron chi connectivity index (χ1n) is 6.54. The SMILES string of the molecule is CC(=N)/C(=C(/C)O)N1CCC(N2CCCC2)C1. The monoisotopic (exact) mass is 237 g/mol. The Hall–Kier alpha value is -1.03. The zero-order chi connectivity index (χ0) is 12.4. The van der Waals surface area contributed by atoms with Gasteiger partial charge in [-0.25, -0.2) is 0 Å². The lowest BCUT2D eigenvalue weighted by atomic mass is 10.2. The molecule has 2 saturated heterocycles. The van der Waals surface area contributed by atoms with Crippen LogP contribution >= 0.6 is 0 Å². The van der Waals surface area contributed by atoms with Gasteiger partial charge in [-0.15, -0.1) is 0 Å². The van der Waals surface area contributed by atoms with Gasteiger partial charge in [-0.2, -0.15) is 0 Å². The van der Waals surface area contributed by atoms with E-state index in [2.05, 4.69) is 9.80 Å².